The van der Waals surface area contributed by atoms with Gasteiger partial charge in [0.25, 0.3) is 0 Å². The number of imidazole rings is 1. The Morgan fingerprint density at radius 2 is 2.00 bits per heavy atom. The van der Waals surface area contributed by atoms with Crippen molar-refractivity contribution in [2.45, 2.75) is 26.7 Å². The summed E-state index contributed by atoms with van der Waals surface area (Å²) in [7, 11) is 6.10. The molecule has 0 aliphatic rings. The van der Waals surface area contributed by atoms with Gasteiger partial charge in [-0.25, -0.2) is 14.4 Å². The van der Waals surface area contributed by atoms with Crippen molar-refractivity contribution >= 4 is 29.3 Å². The number of hydrogen-bond donors (Lipinski definition) is 2. The van der Waals surface area contributed by atoms with Crippen molar-refractivity contribution in [3.05, 3.63) is 82.3 Å². The monoisotopic (exact) mass is 523 g/mol. The Morgan fingerprint density at radius 1 is 1.18 bits per heavy atom. The molecule has 0 bridgehead atoms. The average Bonchev–Trinajstić information content (AvgIpc) is 3.59. The average molecular weight is 524 g/mol. The quantitative estimate of drug-likeness (QED) is 0.312. The van der Waals surface area contributed by atoms with Crippen molar-refractivity contribution in [2.24, 2.45) is 7.05 Å². The van der Waals surface area contributed by atoms with Gasteiger partial charge in [0.2, 0.25) is 0 Å². The van der Waals surface area contributed by atoms with Crippen LogP contribution in [0.4, 0.5) is 4.39 Å². The number of rotatable bonds is 8. The zero-order chi connectivity index (χ0) is 27.7. The van der Waals surface area contributed by atoms with Crippen molar-refractivity contribution < 1.29 is 4.39 Å². The number of nitrogens with one attached hydrogen (secondary N) is 2. The normalized spacial score (nSPS) is 12.8. The van der Waals surface area contributed by atoms with Gasteiger partial charge in [-0.05, 0) is 99.9 Å². The Bertz CT molecular complexity index is 1790. The van der Waals surface area contributed by atoms with Crippen molar-refractivity contribution in [3.63, 3.8) is 0 Å². The Labute approximate surface area is 227 Å². The van der Waals surface area contributed by atoms with Crippen LogP contribution in [0.5, 0.6) is 0 Å². The van der Waals surface area contributed by atoms with Gasteiger partial charge < -0.3 is 14.5 Å². The molecule has 5 aromatic rings. The van der Waals surface area contributed by atoms with E-state index in [0.717, 1.165) is 75.2 Å². The highest BCUT2D eigenvalue weighted by atomic mass is 19.1. The summed E-state index contributed by atoms with van der Waals surface area (Å²) in [6, 6.07) is 9.27. The van der Waals surface area contributed by atoms with E-state index >= 15 is 0 Å². The predicted molar refractivity (Wildman–Crippen MR) is 157 cm³/mol. The van der Waals surface area contributed by atoms with Crippen LogP contribution in [0.25, 0.3) is 51.8 Å². The first-order valence-electron chi connectivity index (χ1n) is 13.1. The summed E-state index contributed by atoms with van der Waals surface area (Å²) in [4.78, 5) is 14.6. The molecule has 5 rings (SSSR count). The highest BCUT2D eigenvalue weighted by Crippen LogP contribution is 2.31. The number of allylic oxidation sites excluding steroid dienone is 2. The molecule has 39 heavy (non-hydrogen) atoms. The molecule has 0 atom stereocenters. The van der Waals surface area contributed by atoms with Gasteiger partial charge in [-0.3, -0.25) is 5.10 Å². The van der Waals surface area contributed by atoms with Gasteiger partial charge >= 0.3 is 0 Å². The lowest BCUT2D eigenvalue weighted by Gasteiger charge is -2.10. The van der Waals surface area contributed by atoms with E-state index in [2.05, 4.69) is 59.4 Å². The molecule has 4 aromatic heterocycles. The van der Waals surface area contributed by atoms with Gasteiger partial charge in [-0.1, -0.05) is 18.7 Å². The number of fused-ring (bicyclic) bond motifs is 1. The van der Waals surface area contributed by atoms with E-state index in [9.17, 15) is 4.39 Å². The molecule has 0 saturated carbocycles. The summed E-state index contributed by atoms with van der Waals surface area (Å²) in [5.74, 6) is 0.704. The summed E-state index contributed by atoms with van der Waals surface area (Å²) >= 11 is 0. The third-order valence-electron chi connectivity index (χ3n) is 7.14. The van der Waals surface area contributed by atoms with Crippen molar-refractivity contribution in [2.75, 3.05) is 20.6 Å². The predicted octanol–water partition coefficient (Wildman–Crippen LogP) is 4.59. The SMILES string of the molecule is C=c1[nH]nc(-c2cc3c(-c4cc(F)cc(CCCN(C)C)c4)ccnc3[nH]2)/c1=C/C(=C\C)c1cnc(C)n1C. The topological polar surface area (TPSA) is 78.4 Å². The Morgan fingerprint density at radius 3 is 2.72 bits per heavy atom. The van der Waals surface area contributed by atoms with Crippen LogP contribution >= 0.6 is 0 Å². The number of pyridine rings is 1. The number of benzene rings is 1. The maximum Gasteiger partial charge on any atom is 0.138 e. The zero-order valence-corrected chi connectivity index (χ0v) is 23.1. The highest BCUT2D eigenvalue weighted by molar-refractivity contribution is 5.96. The molecule has 1 aromatic carbocycles. The molecule has 8 heteroatoms. The van der Waals surface area contributed by atoms with Crippen LogP contribution in [0.2, 0.25) is 0 Å². The minimum Gasteiger partial charge on any atom is -0.338 e. The number of aromatic nitrogens is 6. The van der Waals surface area contributed by atoms with Gasteiger partial charge in [-0.2, -0.15) is 5.10 Å². The molecule has 4 heterocycles. The van der Waals surface area contributed by atoms with E-state index in [1.165, 1.54) is 0 Å². The number of nitrogens with zero attached hydrogens (tertiary/aromatic N) is 5. The minimum absolute atomic E-state index is 0.233. The van der Waals surface area contributed by atoms with Crippen molar-refractivity contribution in [3.8, 4) is 22.5 Å². The van der Waals surface area contributed by atoms with Crippen LogP contribution in [0.3, 0.4) is 0 Å². The molecule has 0 aliphatic heterocycles. The van der Waals surface area contributed by atoms with E-state index in [4.69, 9.17) is 0 Å². The first-order valence-corrected chi connectivity index (χ1v) is 13.1. The number of H-pyrrole nitrogens is 2. The molecule has 0 fully saturated rings. The van der Waals surface area contributed by atoms with Crippen LogP contribution in [0, 0.1) is 12.7 Å². The van der Waals surface area contributed by atoms with E-state index in [-0.39, 0.29) is 5.82 Å². The summed E-state index contributed by atoms with van der Waals surface area (Å²) in [5, 5.41) is 10.1. The third-order valence-corrected chi connectivity index (χ3v) is 7.14. The molecule has 0 amide bonds. The van der Waals surface area contributed by atoms with Crippen LogP contribution < -0.4 is 10.6 Å². The summed E-state index contributed by atoms with van der Waals surface area (Å²) < 4.78 is 16.7. The molecular formula is C31H34FN7. The fourth-order valence-corrected chi connectivity index (χ4v) is 4.93. The first kappa shape index (κ1) is 26.3. The fourth-order valence-electron chi connectivity index (χ4n) is 4.93. The molecule has 0 aliphatic carbocycles. The van der Waals surface area contributed by atoms with Crippen LogP contribution in [0.15, 0.2) is 48.8 Å². The lowest BCUT2D eigenvalue weighted by atomic mass is 9.99. The largest absolute Gasteiger partial charge is 0.338 e. The minimum atomic E-state index is -0.233. The third kappa shape index (κ3) is 5.33. The van der Waals surface area contributed by atoms with Crippen LogP contribution in [0.1, 0.15) is 30.4 Å². The second-order valence-electron chi connectivity index (χ2n) is 10.2. The molecule has 0 radical (unpaired) electrons. The fraction of sp³-hybridized carbons (Fsp3) is 0.258. The maximum absolute atomic E-state index is 14.7. The summed E-state index contributed by atoms with van der Waals surface area (Å²) in [6.45, 7) is 9.12. The molecule has 2 N–H and O–H groups in total. The summed E-state index contributed by atoms with van der Waals surface area (Å²) in [6.07, 6.45) is 9.53. The molecule has 7 nitrogen and oxygen atoms in total. The number of aromatic amines is 2. The molecule has 0 saturated heterocycles. The van der Waals surface area contributed by atoms with Gasteiger partial charge in [0, 0.05) is 23.8 Å². The van der Waals surface area contributed by atoms with Crippen molar-refractivity contribution in [1.82, 2.24) is 34.6 Å². The lowest BCUT2D eigenvalue weighted by Crippen LogP contribution is -2.22. The van der Waals surface area contributed by atoms with Gasteiger partial charge in [0.05, 0.1) is 22.9 Å². The van der Waals surface area contributed by atoms with E-state index < -0.39 is 0 Å². The molecule has 0 unspecified atom stereocenters. The zero-order valence-electron chi connectivity index (χ0n) is 23.1. The smallest absolute Gasteiger partial charge is 0.138 e. The Hall–Kier alpha value is -4.30. The second kappa shape index (κ2) is 10.8. The van der Waals surface area contributed by atoms with Gasteiger partial charge in [0.1, 0.15) is 23.0 Å². The molecule has 0 spiro atoms. The first-order chi connectivity index (χ1) is 18.7. The van der Waals surface area contributed by atoms with Crippen molar-refractivity contribution in [1.29, 1.82) is 0 Å². The number of aryl methyl sites for hydroxylation is 2. The van der Waals surface area contributed by atoms with Gasteiger partial charge in [-0.15, -0.1) is 0 Å². The molecule has 200 valence electrons. The Balaban J connectivity index is 1.57. The van der Waals surface area contributed by atoms with E-state index in [0.29, 0.717) is 11.0 Å². The molecular weight excluding hydrogens is 489 g/mol. The van der Waals surface area contributed by atoms with Crippen LogP contribution in [-0.2, 0) is 13.5 Å². The lowest BCUT2D eigenvalue weighted by molar-refractivity contribution is 0.400. The standard InChI is InChI=1S/C31H34FN7/c1-7-22(29-18-34-20(3)39(29)6)16-26-19(2)36-37-30(26)28-17-27-25(10-11-33-31(27)35-28)23-13-21(14-24(32)15-23)9-8-12-38(4)5/h7,10-11,13-18,36H,2,8-9,12H2,1,3-6H3,(H,33,35)/b22-7+,26-16+. The van der Waals surface area contributed by atoms with Gasteiger partial charge in [0.15, 0.2) is 0 Å². The maximum atomic E-state index is 14.7. The number of hydrogen-bond acceptors (Lipinski definition) is 4. The van der Waals surface area contributed by atoms with Crippen LogP contribution in [-0.4, -0.2) is 55.3 Å². The Kier molecular flexibility index (Phi) is 7.30. The number of halogens is 1. The second-order valence-corrected chi connectivity index (χ2v) is 10.2. The highest BCUT2D eigenvalue weighted by Gasteiger charge is 2.15. The van der Waals surface area contributed by atoms with E-state index in [1.54, 1.807) is 18.3 Å². The van der Waals surface area contributed by atoms with E-state index in [1.807, 2.05) is 53.3 Å². The summed E-state index contributed by atoms with van der Waals surface area (Å²) in [5.41, 5.74) is 7.04.